The summed E-state index contributed by atoms with van der Waals surface area (Å²) in [4.78, 5) is 4.92. The third-order valence-electron chi connectivity index (χ3n) is 3.08. The molecular weight excluding hydrogens is 240 g/mol. The van der Waals surface area contributed by atoms with Crippen molar-refractivity contribution in [2.75, 3.05) is 45.6 Å². The first-order valence-electron chi connectivity index (χ1n) is 5.65. The maximum absolute atomic E-state index is 3.48. The van der Waals surface area contributed by atoms with Gasteiger partial charge in [0.25, 0.3) is 0 Å². The van der Waals surface area contributed by atoms with Crippen LogP contribution in [0.2, 0.25) is 0 Å². The first kappa shape index (κ1) is 12.5. The molecule has 1 rings (SSSR count). The van der Waals surface area contributed by atoms with Gasteiger partial charge in [0.2, 0.25) is 0 Å². The Bertz CT molecular complexity index is 144. The minimum Gasteiger partial charge on any atom is -0.306 e. The molecular formula is C11H23BrN2. The summed E-state index contributed by atoms with van der Waals surface area (Å²) in [7, 11) is 4.48. The van der Waals surface area contributed by atoms with Crippen molar-refractivity contribution in [3.63, 3.8) is 0 Å². The maximum atomic E-state index is 3.48. The van der Waals surface area contributed by atoms with Crippen LogP contribution in [0, 0.1) is 5.92 Å². The highest BCUT2D eigenvalue weighted by molar-refractivity contribution is 9.09. The monoisotopic (exact) mass is 262 g/mol. The zero-order valence-electron chi connectivity index (χ0n) is 9.51. The van der Waals surface area contributed by atoms with Crippen molar-refractivity contribution in [2.45, 2.75) is 19.3 Å². The Morgan fingerprint density at radius 2 is 2.00 bits per heavy atom. The summed E-state index contributed by atoms with van der Waals surface area (Å²) in [6.07, 6.45) is 4.04. The third-order valence-corrected chi connectivity index (χ3v) is 3.64. The van der Waals surface area contributed by atoms with Crippen LogP contribution in [0.5, 0.6) is 0 Å². The molecule has 1 aliphatic rings. The molecule has 1 fully saturated rings. The Morgan fingerprint density at radius 1 is 1.36 bits per heavy atom. The standard InChI is InChI=1S/C11H23BrN2/c1-13-8-4-11(5-9-13)10-14(2)7-3-6-12/h11H,3-10H2,1-2H3. The van der Waals surface area contributed by atoms with Crippen LogP contribution >= 0.6 is 15.9 Å². The van der Waals surface area contributed by atoms with E-state index in [1.807, 2.05) is 0 Å². The molecule has 0 spiro atoms. The van der Waals surface area contributed by atoms with Gasteiger partial charge < -0.3 is 9.80 Å². The van der Waals surface area contributed by atoms with E-state index in [-0.39, 0.29) is 0 Å². The first-order valence-corrected chi connectivity index (χ1v) is 6.77. The van der Waals surface area contributed by atoms with E-state index >= 15 is 0 Å². The molecule has 1 saturated heterocycles. The van der Waals surface area contributed by atoms with Crippen LogP contribution in [-0.4, -0.2) is 55.4 Å². The van der Waals surface area contributed by atoms with Crippen molar-refractivity contribution >= 4 is 15.9 Å². The molecule has 0 N–H and O–H groups in total. The van der Waals surface area contributed by atoms with Gasteiger partial charge >= 0.3 is 0 Å². The highest BCUT2D eigenvalue weighted by Crippen LogP contribution is 2.16. The topological polar surface area (TPSA) is 6.48 Å². The lowest BCUT2D eigenvalue weighted by molar-refractivity contribution is 0.176. The molecule has 1 aliphatic heterocycles. The molecule has 84 valence electrons. The van der Waals surface area contributed by atoms with Gasteiger partial charge in [-0.05, 0) is 58.9 Å². The van der Waals surface area contributed by atoms with Crippen molar-refractivity contribution < 1.29 is 0 Å². The van der Waals surface area contributed by atoms with Crippen molar-refractivity contribution in [1.82, 2.24) is 9.80 Å². The highest BCUT2D eigenvalue weighted by Gasteiger charge is 2.17. The fraction of sp³-hybridized carbons (Fsp3) is 1.00. The maximum Gasteiger partial charge on any atom is 0.00434 e. The fourth-order valence-electron chi connectivity index (χ4n) is 2.11. The molecule has 0 saturated carbocycles. The lowest BCUT2D eigenvalue weighted by atomic mass is 9.97. The van der Waals surface area contributed by atoms with Gasteiger partial charge in [0, 0.05) is 11.9 Å². The number of alkyl halides is 1. The number of piperidine rings is 1. The second kappa shape index (κ2) is 6.81. The zero-order chi connectivity index (χ0) is 10.4. The molecule has 0 unspecified atom stereocenters. The van der Waals surface area contributed by atoms with Crippen LogP contribution in [-0.2, 0) is 0 Å². The fourth-order valence-corrected chi connectivity index (χ4v) is 2.36. The molecule has 0 aromatic rings. The molecule has 3 heteroatoms. The quantitative estimate of drug-likeness (QED) is 0.700. The number of halogens is 1. The Hall–Kier alpha value is 0.400. The lowest BCUT2D eigenvalue weighted by Gasteiger charge is -2.31. The molecule has 1 heterocycles. The number of likely N-dealkylation sites (tertiary alicyclic amines) is 1. The number of rotatable bonds is 5. The van der Waals surface area contributed by atoms with E-state index < -0.39 is 0 Å². The third kappa shape index (κ3) is 4.76. The van der Waals surface area contributed by atoms with Crippen molar-refractivity contribution in [3.05, 3.63) is 0 Å². The van der Waals surface area contributed by atoms with Crippen LogP contribution in [0.4, 0.5) is 0 Å². The summed E-state index contributed by atoms with van der Waals surface area (Å²) in [5.41, 5.74) is 0. The number of hydrogen-bond acceptors (Lipinski definition) is 2. The smallest absolute Gasteiger partial charge is 0.00434 e. The summed E-state index contributed by atoms with van der Waals surface area (Å²) in [6.45, 7) is 5.10. The van der Waals surface area contributed by atoms with Gasteiger partial charge in [-0.3, -0.25) is 0 Å². The van der Waals surface area contributed by atoms with Crippen LogP contribution < -0.4 is 0 Å². The average molecular weight is 263 g/mol. The van der Waals surface area contributed by atoms with Crippen LogP contribution in [0.25, 0.3) is 0 Å². The lowest BCUT2D eigenvalue weighted by Crippen LogP contribution is -2.36. The molecule has 0 aromatic heterocycles. The predicted octanol–water partition coefficient (Wildman–Crippen LogP) is 2.04. The normalized spacial score (nSPS) is 20.6. The summed E-state index contributed by atoms with van der Waals surface area (Å²) in [5, 5.41) is 1.13. The van der Waals surface area contributed by atoms with E-state index in [1.54, 1.807) is 0 Å². The van der Waals surface area contributed by atoms with E-state index in [9.17, 15) is 0 Å². The average Bonchev–Trinajstić information content (AvgIpc) is 2.18. The number of nitrogens with zero attached hydrogens (tertiary/aromatic N) is 2. The Labute approximate surface area is 96.8 Å². The van der Waals surface area contributed by atoms with Gasteiger partial charge in [0.15, 0.2) is 0 Å². The Balaban J connectivity index is 2.10. The Kier molecular flexibility index (Phi) is 6.06. The van der Waals surface area contributed by atoms with Crippen LogP contribution in [0.15, 0.2) is 0 Å². The minimum atomic E-state index is 0.937. The molecule has 0 aromatic carbocycles. The second-order valence-electron chi connectivity index (χ2n) is 4.55. The van der Waals surface area contributed by atoms with E-state index in [1.165, 1.54) is 45.4 Å². The van der Waals surface area contributed by atoms with Gasteiger partial charge in [-0.25, -0.2) is 0 Å². The molecule has 2 nitrogen and oxygen atoms in total. The van der Waals surface area contributed by atoms with Gasteiger partial charge in [-0.2, -0.15) is 0 Å². The van der Waals surface area contributed by atoms with Gasteiger partial charge in [-0.15, -0.1) is 0 Å². The predicted molar refractivity (Wildman–Crippen MR) is 66.1 cm³/mol. The molecule has 0 bridgehead atoms. The molecule has 0 aliphatic carbocycles. The second-order valence-corrected chi connectivity index (χ2v) is 5.34. The first-order chi connectivity index (χ1) is 6.72. The highest BCUT2D eigenvalue weighted by atomic mass is 79.9. The zero-order valence-corrected chi connectivity index (χ0v) is 11.1. The van der Waals surface area contributed by atoms with Gasteiger partial charge in [-0.1, -0.05) is 15.9 Å². The molecule has 0 amide bonds. The number of hydrogen-bond donors (Lipinski definition) is 0. The van der Waals surface area contributed by atoms with Gasteiger partial charge in [0.1, 0.15) is 0 Å². The van der Waals surface area contributed by atoms with Crippen molar-refractivity contribution in [3.8, 4) is 0 Å². The van der Waals surface area contributed by atoms with Gasteiger partial charge in [0.05, 0.1) is 0 Å². The summed E-state index contributed by atoms with van der Waals surface area (Å²) in [5.74, 6) is 0.937. The largest absolute Gasteiger partial charge is 0.306 e. The van der Waals surface area contributed by atoms with E-state index in [0.717, 1.165) is 11.2 Å². The molecule has 0 radical (unpaired) electrons. The van der Waals surface area contributed by atoms with Crippen molar-refractivity contribution in [1.29, 1.82) is 0 Å². The minimum absolute atomic E-state index is 0.937. The Morgan fingerprint density at radius 3 is 2.57 bits per heavy atom. The van der Waals surface area contributed by atoms with Crippen molar-refractivity contribution in [2.24, 2.45) is 5.92 Å². The van der Waals surface area contributed by atoms with E-state index in [0.29, 0.717) is 0 Å². The van der Waals surface area contributed by atoms with Crippen LogP contribution in [0.3, 0.4) is 0 Å². The SMILES string of the molecule is CN1CCC(CN(C)CCCBr)CC1. The van der Waals surface area contributed by atoms with Crippen LogP contribution in [0.1, 0.15) is 19.3 Å². The molecule has 14 heavy (non-hydrogen) atoms. The van der Waals surface area contributed by atoms with E-state index in [2.05, 4.69) is 39.8 Å². The summed E-state index contributed by atoms with van der Waals surface area (Å²) < 4.78 is 0. The molecule has 0 atom stereocenters. The summed E-state index contributed by atoms with van der Waals surface area (Å²) in [6, 6.07) is 0. The summed E-state index contributed by atoms with van der Waals surface area (Å²) >= 11 is 3.48. The van der Waals surface area contributed by atoms with E-state index in [4.69, 9.17) is 0 Å².